The molecule has 0 saturated heterocycles. The molecule has 5 heteroatoms. The number of hydrogen-bond donors (Lipinski definition) is 1. The molecule has 0 radical (unpaired) electrons. The van der Waals surface area contributed by atoms with Crippen molar-refractivity contribution in [1.82, 2.24) is 4.98 Å². The van der Waals surface area contributed by atoms with Crippen molar-refractivity contribution in [2.24, 2.45) is 0 Å². The number of aliphatic hydroxyl groups excluding tert-OH is 1. The van der Waals surface area contributed by atoms with E-state index in [0.717, 1.165) is 30.3 Å². The summed E-state index contributed by atoms with van der Waals surface area (Å²) in [5, 5.41) is 13.6. The number of aliphatic hydroxyl groups is 1. The molecule has 20 heavy (non-hydrogen) atoms. The predicted octanol–water partition coefficient (Wildman–Crippen LogP) is 5.10. The van der Waals surface area contributed by atoms with Crippen LogP contribution in [-0.2, 0) is 6.42 Å². The first kappa shape index (κ1) is 14.2. The van der Waals surface area contributed by atoms with E-state index in [4.69, 9.17) is 0 Å². The van der Waals surface area contributed by atoms with Gasteiger partial charge >= 0.3 is 0 Å². The topological polar surface area (TPSA) is 33.1 Å². The number of pyridine rings is 1. The summed E-state index contributed by atoms with van der Waals surface area (Å²) in [5.74, 6) is 0. The highest BCUT2D eigenvalue weighted by Gasteiger charge is 2.15. The maximum atomic E-state index is 10.5. The summed E-state index contributed by atoms with van der Waals surface area (Å²) < 4.78 is 2.05. The van der Waals surface area contributed by atoms with Crippen LogP contribution in [0, 0.1) is 0 Å². The van der Waals surface area contributed by atoms with E-state index < -0.39 is 6.10 Å². The van der Waals surface area contributed by atoms with Crippen LogP contribution >= 0.6 is 43.2 Å². The molecule has 0 saturated carbocycles. The number of benzene rings is 1. The molecule has 0 fully saturated rings. The summed E-state index contributed by atoms with van der Waals surface area (Å²) in [6, 6.07) is 9.85. The van der Waals surface area contributed by atoms with Gasteiger partial charge in [0.1, 0.15) is 0 Å². The second-order valence-electron chi connectivity index (χ2n) is 4.49. The first-order valence-corrected chi connectivity index (χ1v) is 8.56. The molecule has 0 aliphatic carbocycles. The van der Waals surface area contributed by atoms with Crippen LogP contribution in [0.4, 0.5) is 0 Å². The van der Waals surface area contributed by atoms with Crippen LogP contribution in [0.3, 0.4) is 0 Å². The fourth-order valence-electron chi connectivity index (χ4n) is 2.19. The Morgan fingerprint density at radius 3 is 2.85 bits per heavy atom. The largest absolute Gasteiger partial charge is 0.388 e. The molecule has 102 valence electrons. The van der Waals surface area contributed by atoms with Crippen molar-refractivity contribution in [2.75, 3.05) is 0 Å². The molecule has 3 rings (SSSR count). The molecule has 0 spiro atoms. The highest BCUT2D eigenvalue weighted by Crippen LogP contribution is 2.31. The number of nitrogens with zero attached hydrogens (tertiary/aromatic N) is 1. The van der Waals surface area contributed by atoms with Gasteiger partial charge in [0.05, 0.1) is 11.6 Å². The van der Waals surface area contributed by atoms with Crippen LogP contribution in [0.2, 0.25) is 0 Å². The molecular weight excluding hydrogens is 402 g/mol. The van der Waals surface area contributed by atoms with E-state index in [2.05, 4.69) is 36.8 Å². The zero-order valence-electron chi connectivity index (χ0n) is 10.4. The zero-order chi connectivity index (χ0) is 14.1. The molecule has 3 aromatic rings. The van der Waals surface area contributed by atoms with Crippen LogP contribution < -0.4 is 0 Å². The van der Waals surface area contributed by atoms with Crippen molar-refractivity contribution in [2.45, 2.75) is 12.5 Å². The molecule has 1 N–H and O–H groups in total. The Kier molecular flexibility index (Phi) is 4.21. The van der Waals surface area contributed by atoms with Gasteiger partial charge in [-0.3, -0.25) is 4.98 Å². The number of rotatable bonds is 3. The van der Waals surface area contributed by atoms with Crippen molar-refractivity contribution in [3.63, 3.8) is 0 Å². The minimum Gasteiger partial charge on any atom is -0.388 e. The van der Waals surface area contributed by atoms with E-state index in [1.54, 1.807) is 17.5 Å². The third-order valence-corrected chi connectivity index (χ3v) is 5.53. The lowest BCUT2D eigenvalue weighted by molar-refractivity contribution is 0.181. The standard InChI is InChI=1S/C15H11Br2NOS/c16-9-6-10(20-8-9)7-14(19)12-3-4-13(17)11-2-1-5-18-15(11)12/h1-6,8,14,19H,7H2. The minimum absolute atomic E-state index is 0.550. The van der Waals surface area contributed by atoms with Crippen molar-refractivity contribution in [3.05, 3.63) is 61.3 Å². The quantitative estimate of drug-likeness (QED) is 0.649. The van der Waals surface area contributed by atoms with Crippen LogP contribution in [0.25, 0.3) is 10.9 Å². The molecule has 2 aromatic heterocycles. The Hall–Kier alpha value is -0.750. The summed E-state index contributed by atoms with van der Waals surface area (Å²) in [6.45, 7) is 0. The summed E-state index contributed by atoms with van der Waals surface area (Å²) in [4.78, 5) is 5.56. The monoisotopic (exact) mass is 411 g/mol. The van der Waals surface area contributed by atoms with E-state index in [9.17, 15) is 5.11 Å². The smallest absolute Gasteiger partial charge is 0.0859 e. The molecule has 1 aromatic carbocycles. The number of hydrogen-bond acceptors (Lipinski definition) is 3. The van der Waals surface area contributed by atoms with E-state index in [1.807, 2.05) is 35.7 Å². The SMILES string of the molecule is OC(Cc1cc(Br)cs1)c1ccc(Br)c2cccnc12. The maximum Gasteiger partial charge on any atom is 0.0859 e. The van der Waals surface area contributed by atoms with Gasteiger partial charge in [-0.1, -0.05) is 28.1 Å². The van der Waals surface area contributed by atoms with Gasteiger partial charge in [-0.25, -0.2) is 0 Å². The first-order chi connectivity index (χ1) is 9.65. The van der Waals surface area contributed by atoms with E-state index in [0.29, 0.717) is 6.42 Å². The summed E-state index contributed by atoms with van der Waals surface area (Å²) >= 11 is 8.61. The average molecular weight is 413 g/mol. The number of halogens is 2. The number of fused-ring (bicyclic) bond motifs is 1. The summed E-state index contributed by atoms with van der Waals surface area (Å²) in [7, 11) is 0. The zero-order valence-corrected chi connectivity index (χ0v) is 14.4. The van der Waals surface area contributed by atoms with Crippen molar-refractivity contribution in [1.29, 1.82) is 0 Å². The van der Waals surface area contributed by atoms with Crippen LogP contribution in [0.15, 0.2) is 50.9 Å². The lowest BCUT2D eigenvalue weighted by Crippen LogP contribution is -2.02. The van der Waals surface area contributed by atoms with Gasteiger partial charge in [-0.05, 0) is 34.1 Å². The molecule has 1 unspecified atom stereocenters. The Morgan fingerprint density at radius 1 is 1.25 bits per heavy atom. The van der Waals surface area contributed by atoms with E-state index in [-0.39, 0.29) is 0 Å². The van der Waals surface area contributed by atoms with Gasteiger partial charge in [-0.2, -0.15) is 0 Å². The molecule has 0 aliphatic rings. The van der Waals surface area contributed by atoms with E-state index >= 15 is 0 Å². The fraction of sp³-hybridized carbons (Fsp3) is 0.133. The van der Waals surface area contributed by atoms with Gasteiger partial charge in [0.15, 0.2) is 0 Å². The van der Waals surface area contributed by atoms with Gasteiger partial charge in [0, 0.05) is 42.8 Å². The lowest BCUT2D eigenvalue weighted by atomic mass is 10.0. The Bertz CT molecular complexity index is 756. The van der Waals surface area contributed by atoms with Crippen LogP contribution in [0.5, 0.6) is 0 Å². The molecular formula is C15H11Br2NOS. The predicted molar refractivity (Wildman–Crippen MR) is 90.1 cm³/mol. The molecule has 0 aliphatic heterocycles. The van der Waals surface area contributed by atoms with Crippen molar-refractivity contribution in [3.8, 4) is 0 Å². The summed E-state index contributed by atoms with van der Waals surface area (Å²) in [5.41, 5.74) is 1.72. The third kappa shape index (κ3) is 2.81. The molecule has 2 heterocycles. The van der Waals surface area contributed by atoms with Crippen LogP contribution in [-0.4, -0.2) is 10.1 Å². The van der Waals surface area contributed by atoms with Crippen molar-refractivity contribution < 1.29 is 5.11 Å². The normalized spacial score (nSPS) is 12.8. The Morgan fingerprint density at radius 2 is 2.10 bits per heavy atom. The maximum absolute atomic E-state index is 10.5. The van der Waals surface area contributed by atoms with Gasteiger partial charge in [-0.15, -0.1) is 11.3 Å². The Balaban J connectivity index is 1.99. The average Bonchev–Trinajstić information content (AvgIpc) is 2.84. The second-order valence-corrected chi connectivity index (χ2v) is 7.25. The summed E-state index contributed by atoms with van der Waals surface area (Å²) in [6.07, 6.45) is 1.81. The number of thiophene rings is 1. The van der Waals surface area contributed by atoms with Gasteiger partial charge in [0.2, 0.25) is 0 Å². The molecule has 2 nitrogen and oxygen atoms in total. The lowest BCUT2D eigenvalue weighted by Gasteiger charge is -2.13. The first-order valence-electron chi connectivity index (χ1n) is 6.09. The second kappa shape index (κ2) is 5.93. The molecule has 0 bridgehead atoms. The molecule has 0 amide bonds. The highest BCUT2D eigenvalue weighted by atomic mass is 79.9. The minimum atomic E-state index is -0.550. The van der Waals surface area contributed by atoms with E-state index in [1.165, 1.54) is 0 Å². The third-order valence-electron chi connectivity index (χ3n) is 3.12. The van der Waals surface area contributed by atoms with Crippen molar-refractivity contribution >= 4 is 54.1 Å². The highest BCUT2D eigenvalue weighted by molar-refractivity contribution is 9.11. The molecule has 1 atom stereocenters. The van der Waals surface area contributed by atoms with Crippen LogP contribution in [0.1, 0.15) is 16.5 Å². The van der Waals surface area contributed by atoms with Gasteiger partial charge in [0.25, 0.3) is 0 Å². The fourth-order valence-corrected chi connectivity index (χ4v) is 4.13. The number of aromatic nitrogens is 1. The Labute approximate surface area is 137 Å². The van der Waals surface area contributed by atoms with Gasteiger partial charge < -0.3 is 5.11 Å².